The number of alkyl carbamates (subject to hydrolysis) is 1. The molecule has 0 bridgehead atoms. The van der Waals surface area contributed by atoms with Gasteiger partial charge in [0.15, 0.2) is 0 Å². The van der Waals surface area contributed by atoms with Crippen LogP contribution < -0.4 is 10.6 Å². The molecule has 182 valence electrons. The Hall–Kier alpha value is -3.35. The zero-order valence-electron chi connectivity index (χ0n) is 20.3. The fourth-order valence-electron chi connectivity index (χ4n) is 4.53. The van der Waals surface area contributed by atoms with E-state index < -0.39 is 24.0 Å². The van der Waals surface area contributed by atoms with Crippen LogP contribution in [0.4, 0.5) is 4.79 Å². The first-order valence-electron chi connectivity index (χ1n) is 11.7. The van der Waals surface area contributed by atoms with E-state index >= 15 is 0 Å². The summed E-state index contributed by atoms with van der Waals surface area (Å²) in [6, 6.07) is 15.8. The van der Waals surface area contributed by atoms with E-state index in [9.17, 15) is 14.4 Å². The Labute approximate surface area is 200 Å². The molecule has 0 spiro atoms. The zero-order valence-corrected chi connectivity index (χ0v) is 20.3. The number of carboxylic acid groups (broad SMARTS) is 1. The van der Waals surface area contributed by atoms with E-state index in [1.807, 2.05) is 45.0 Å². The van der Waals surface area contributed by atoms with Gasteiger partial charge in [0.2, 0.25) is 5.91 Å². The Morgan fingerprint density at radius 3 is 2.09 bits per heavy atom. The first-order valence-corrected chi connectivity index (χ1v) is 11.7. The third-order valence-electron chi connectivity index (χ3n) is 5.94. The number of hydrogen-bond donors (Lipinski definition) is 3. The number of benzene rings is 2. The summed E-state index contributed by atoms with van der Waals surface area (Å²) < 4.78 is 5.57. The van der Waals surface area contributed by atoms with Crippen LogP contribution in [0, 0.1) is 11.3 Å². The summed E-state index contributed by atoms with van der Waals surface area (Å²) in [7, 11) is 0. The first-order chi connectivity index (χ1) is 16.0. The molecule has 0 aliphatic heterocycles. The summed E-state index contributed by atoms with van der Waals surface area (Å²) in [5.41, 5.74) is 4.43. The van der Waals surface area contributed by atoms with Crippen LogP contribution in [0.2, 0.25) is 0 Å². The first kappa shape index (κ1) is 25.3. The molecule has 7 heteroatoms. The van der Waals surface area contributed by atoms with Crippen molar-refractivity contribution in [2.75, 3.05) is 13.2 Å². The lowest BCUT2D eigenvalue weighted by atomic mass is 9.84. The molecule has 1 unspecified atom stereocenters. The maximum atomic E-state index is 12.8. The van der Waals surface area contributed by atoms with Gasteiger partial charge in [-0.2, -0.15) is 0 Å². The SMILES string of the molecule is C[C@@H](CC(=O)O)NC(=O)C(CNC(=O)OCC1c2ccccc2-c2ccccc21)CC(C)(C)C. The van der Waals surface area contributed by atoms with E-state index in [-0.39, 0.29) is 36.8 Å². The van der Waals surface area contributed by atoms with Gasteiger partial charge in [-0.1, -0.05) is 69.3 Å². The average molecular weight is 467 g/mol. The zero-order chi connectivity index (χ0) is 24.9. The number of ether oxygens (including phenoxy) is 1. The van der Waals surface area contributed by atoms with Crippen molar-refractivity contribution in [3.05, 3.63) is 59.7 Å². The van der Waals surface area contributed by atoms with Crippen LogP contribution >= 0.6 is 0 Å². The Morgan fingerprint density at radius 1 is 1.00 bits per heavy atom. The molecule has 0 radical (unpaired) electrons. The molecule has 34 heavy (non-hydrogen) atoms. The number of carbonyl (C=O) groups is 3. The average Bonchev–Trinajstić information content (AvgIpc) is 3.07. The van der Waals surface area contributed by atoms with Crippen LogP contribution in [-0.2, 0) is 14.3 Å². The number of amides is 2. The maximum absolute atomic E-state index is 12.8. The number of hydrogen-bond acceptors (Lipinski definition) is 4. The fraction of sp³-hybridized carbons (Fsp3) is 0.444. The van der Waals surface area contributed by atoms with Gasteiger partial charge in [-0.25, -0.2) is 4.79 Å². The van der Waals surface area contributed by atoms with Gasteiger partial charge >= 0.3 is 12.1 Å². The molecule has 0 heterocycles. The van der Waals surface area contributed by atoms with Gasteiger partial charge in [0, 0.05) is 18.5 Å². The van der Waals surface area contributed by atoms with Crippen LogP contribution in [0.1, 0.15) is 57.6 Å². The number of fused-ring (bicyclic) bond motifs is 3. The Morgan fingerprint density at radius 2 is 1.56 bits per heavy atom. The minimum atomic E-state index is -0.975. The van der Waals surface area contributed by atoms with Gasteiger partial charge in [0.25, 0.3) is 0 Å². The van der Waals surface area contributed by atoms with E-state index in [0.717, 1.165) is 22.3 Å². The number of carbonyl (C=O) groups excluding carboxylic acids is 2. The lowest BCUT2D eigenvalue weighted by molar-refractivity contribution is -0.137. The van der Waals surface area contributed by atoms with Crippen molar-refractivity contribution in [2.45, 2.75) is 52.5 Å². The van der Waals surface area contributed by atoms with Gasteiger partial charge in [-0.3, -0.25) is 9.59 Å². The highest BCUT2D eigenvalue weighted by atomic mass is 16.5. The van der Waals surface area contributed by atoms with Gasteiger partial charge in [-0.15, -0.1) is 0 Å². The second-order valence-electron chi connectivity index (χ2n) is 10.2. The van der Waals surface area contributed by atoms with Crippen molar-refractivity contribution in [1.82, 2.24) is 10.6 Å². The summed E-state index contributed by atoms with van der Waals surface area (Å²) >= 11 is 0. The van der Waals surface area contributed by atoms with Gasteiger partial charge in [0.1, 0.15) is 6.61 Å². The summed E-state index contributed by atoms with van der Waals surface area (Å²) in [5.74, 6) is -1.79. The predicted molar refractivity (Wildman–Crippen MR) is 130 cm³/mol. The summed E-state index contributed by atoms with van der Waals surface area (Å²) in [4.78, 5) is 36.2. The van der Waals surface area contributed by atoms with Crippen LogP contribution in [-0.4, -0.2) is 42.3 Å². The number of aliphatic carboxylic acids is 1. The minimum absolute atomic E-state index is 0.0383. The lowest BCUT2D eigenvalue weighted by Gasteiger charge is -2.26. The molecule has 0 saturated heterocycles. The summed E-state index contributed by atoms with van der Waals surface area (Å²) in [6.45, 7) is 8.01. The number of nitrogens with one attached hydrogen (secondary N) is 2. The van der Waals surface area contributed by atoms with E-state index in [2.05, 4.69) is 34.9 Å². The van der Waals surface area contributed by atoms with Gasteiger partial charge in [-0.05, 0) is 41.0 Å². The van der Waals surface area contributed by atoms with E-state index in [1.54, 1.807) is 6.92 Å². The molecule has 1 aliphatic rings. The highest BCUT2D eigenvalue weighted by molar-refractivity contribution is 5.81. The molecule has 0 aromatic heterocycles. The van der Waals surface area contributed by atoms with Crippen molar-refractivity contribution < 1.29 is 24.2 Å². The molecule has 2 amide bonds. The number of rotatable bonds is 9. The Kier molecular flexibility index (Phi) is 7.97. The lowest BCUT2D eigenvalue weighted by Crippen LogP contribution is -2.44. The van der Waals surface area contributed by atoms with Gasteiger partial charge < -0.3 is 20.5 Å². The quantitative estimate of drug-likeness (QED) is 0.503. The summed E-state index contributed by atoms with van der Waals surface area (Å²) in [6.07, 6.45) is -0.206. The van der Waals surface area contributed by atoms with Crippen molar-refractivity contribution in [3.8, 4) is 11.1 Å². The van der Waals surface area contributed by atoms with E-state index in [1.165, 1.54) is 0 Å². The Bertz CT molecular complexity index is 998. The fourth-order valence-corrected chi connectivity index (χ4v) is 4.53. The molecule has 1 aliphatic carbocycles. The van der Waals surface area contributed by atoms with Crippen LogP contribution in [0.15, 0.2) is 48.5 Å². The molecule has 3 N–H and O–H groups in total. The Balaban J connectivity index is 1.60. The predicted octanol–water partition coefficient (Wildman–Crippen LogP) is 4.56. The van der Waals surface area contributed by atoms with E-state index in [0.29, 0.717) is 6.42 Å². The molecule has 2 aromatic rings. The normalized spacial score (nSPS) is 14.5. The molecule has 2 atom stereocenters. The molecule has 0 saturated carbocycles. The molecule has 3 rings (SSSR count). The van der Waals surface area contributed by atoms with Crippen LogP contribution in [0.25, 0.3) is 11.1 Å². The molecule has 2 aromatic carbocycles. The minimum Gasteiger partial charge on any atom is -0.481 e. The molecule has 7 nitrogen and oxygen atoms in total. The van der Waals surface area contributed by atoms with Crippen LogP contribution in [0.5, 0.6) is 0 Å². The smallest absolute Gasteiger partial charge is 0.407 e. The molecule has 0 fully saturated rings. The maximum Gasteiger partial charge on any atom is 0.407 e. The van der Waals surface area contributed by atoms with Crippen molar-refractivity contribution in [3.63, 3.8) is 0 Å². The molecular weight excluding hydrogens is 432 g/mol. The van der Waals surface area contributed by atoms with E-state index in [4.69, 9.17) is 9.84 Å². The second-order valence-corrected chi connectivity index (χ2v) is 10.2. The third kappa shape index (κ3) is 6.59. The second kappa shape index (κ2) is 10.7. The van der Waals surface area contributed by atoms with Crippen molar-refractivity contribution in [2.24, 2.45) is 11.3 Å². The standard InChI is InChI=1S/C27H34N2O5/c1-17(13-24(30)31)29-25(32)18(14-27(2,3)4)15-28-26(33)34-16-23-21-11-7-5-9-19(21)20-10-6-8-12-22(20)23/h5-12,17-18,23H,13-16H2,1-4H3,(H,28,33)(H,29,32)(H,30,31)/t17-,18?/m0/s1. The van der Waals surface area contributed by atoms with Crippen molar-refractivity contribution in [1.29, 1.82) is 0 Å². The van der Waals surface area contributed by atoms with Crippen molar-refractivity contribution >= 4 is 18.0 Å². The summed E-state index contributed by atoms with van der Waals surface area (Å²) in [5, 5.41) is 14.4. The highest BCUT2D eigenvalue weighted by Crippen LogP contribution is 2.44. The monoisotopic (exact) mass is 466 g/mol. The van der Waals surface area contributed by atoms with Crippen LogP contribution in [0.3, 0.4) is 0 Å². The topological polar surface area (TPSA) is 105 Å². The van der Waals surface area contributed by atoms with Gasteiger partial charge in [0.05, 0.1) is 12.3 Å². The largest absolute Gasteiger partial charge is 0.481 e. The third-order valence-corrected chi connectivity index (χ3v) is 5.94. The number of carboxylic acids is 1. The molecular formula is C27H34N2O5. The highest BCUT2D eigenvalue weighted by Gasteiger charge is 2.30.